The number of rotatable bonds is 2. The zero-order valence-corrected chi connectivity index (χ0v) is 13.6. The fraction of sp³-hybridized carbons (Fsp3) is 0.278. The maximum Gasteiger partial charge on any atom is 0.344 e. The van der Waals surface area contributed by atoms with Crippen LogP contribution in [0.1, 0.15) is 25.3 Å². The number of benzene rings is 2. The summed E-state index contributed by atoms with van der Waals surface area (Å²) in [6.45, 7) is 4.15. The van der Waals surface area contributed by atoms with E-state index >= 15 is 0 Å². The molecule has 0 atom stereocenters. The minimum atomic E-state index is -0.399. The van der Waals surface area contributed by atoms with Gasteiger partial charge in [-0.2, -0.15) is 0 Å². The van der Waals surface area contributed by atoms with Crippen molar-refractivity contribution in [1.82, 2.24) is 0 Å². The number of phenolic OH excluding ortho intramolecular Hbond substituents is 1. The van der Waals surface area contributed by atoms with Gasteiger partial charge in [0.05, 0.1) is 12.5 Å². The van der Waals surface area contributed by atoms with E-state index in [2.05, 4.69) is 13.8 Å². The van der Waals surface area contributed by atoms with Gasteiger partial charge in [-0.05, 0) is 23.6 Å². The number of fused-ring (bicyclic) bond motifs is 3. The van der Waals surface area contributed by atoms with Crippen LogP contribution in [0.15, 0.2) is 39.5 Å². The van der Waals surface area contributed by atoms with Crippen LogP contribution in [0.5, 0.6) is 11.5 Å². The molecule has 0 saturated heterocycles. The summed E-state index contributed by atoms with van der Waals surface area (Å²) in [5, 5.41) is 18.9. The highest BCUT2D eigenvalue weighted by Gasteiger charge is 2.12. The Bertz CT molecular complexity index is 893. The lowest BCUT2D eigenvalue weighted by Gasteiger charge is -2.09. The van der Waals surface area contributed by atoms with E-state index in [9.17, 15) is 9.90 Å². The van der Waals surface area contributed by atoms with Gasteiger partial charge in [0, 0.05) is 23.9 Å². The van der Waals surface area contributed by atoms with Crippen LogP contribution in [0.25, 0.3) is 21.7 Å². The van der Waals surface area contributed by atoms with Gasteiger partial charge < -0.3 is 19.4 Å². The third-order valence-corrected chi connectivity index (χ3v) is 3.70. The third kappa shape index (κ3) is 3.00. The normalized spacial score (nSPS) is 10.7. The van der Waals surface area contributed by atoms with Crippen molar-refractivity contribution < 1.29 is 19.4 Å². The summed E-state index contributed by atoms with van der Waals surface area (Å²) in [6.07, 6.45) is 0. The smallest absolute Gasteiger partial charge is 0.344 e. The molecule has 0 aliphatic carbocycles. The molecule has 0 spiro atoms. The van der Waals surface area contributed by atoms with Crippen molar-refractivity contribution in [2.45, 2.75) is 19.8 Å². The summed E-state index contributed by atoms with van der Waals surface area (Å²) in [5.41, 5.74) is 1.03. The Morgan fingerprint density at radius 1 is 1.04 bits per heavy atom. The van der Waals surface area contributed by atoms with E-state index in [1.807, 2.05) is 18.2 Å². The molecule has 5 heteroatoms. The highest BCUT2D eigenvalue weighted by atomic mass is 16.5. The van der Waals surface area contributed by atoms with Gasteiger partial charge in [0.15, 0.2) is 11.5 Å². The lowest BCUT2D eigenvalue weighted by Crippen LogP contribution is -2.01. The van der Waals surface area contributed by atoms with Crippen molar-refractivity contribution in [2.24, 2.45) is 0 Å². The molecular weight excluding hydrogens is 296 g/mol. The Balaban J connectivity index is 0.000000924. The summed E-state index contributed by atoms with van der Waals surface area (Å²) >= 11 is 0. The molecule has 23 heavy (non-hydrogen) atoms. The Morgan fingerprint density at radius 3 is 2.35 bits per heavy atom. The van der Waals surface area contributed by atoms with Crippen molar-refractivity contribution >= 4 is 21.7 Å². The average molecular weight is 316 g/mol. The molecule has 3 rings (SSSR count). The molecule has 1 aromatic heterocycles. The second kappa shape index (κ2) is 6.71. The molecule has 0 bridgehead atoms. The standard InChI is InChI=1S/C17H16O4.CH4O/c1-9(2)10-4-5-11-12-7-16(20-3)14(18)8-15(12)21-17(19)13(11)6-10;1-2/h4-9,18H,1-3H3;2H,1H3. The van der Waals surface area contributed by atoms with E-state index in [-0.39, 0.29) is 5.75 Å². The number of hydrogen-bond acceptors (Lipinski definition) is 5. The largest absolute Gasteiger partial charge is 0.504 e. The first-order valence-electron chi connectivity index (χ1n) is 7.23. The highest BCUT2D eigenvalue weighted by molar-refractivity contribution is 6.05. The SMILES string of the molecule is CO.COc1cc2c(cc1O)oc(=O)c1cc(C(C)C)ccc12. The number of methoxy groups -OCH3 is 1. The van der Waals surface area contributed by atoms with Crippen molar-refractivity contribution in [3.63, 3.8) is 0 Å². The fourth-order valence-corrected chi connectivity index (χ4v) is 2.49. The van der Waals surface area contributed by atoms with E-state index in [1.54, 1.807) is 6.07 Å². The zero-order valence-electron chi connectivity index (χ0n) is 13.6. The van der Waals surface area contributed by atoms with Crippen LogP contribution in [-0.2, 0) is 0 Å². The second-order valence-electron chi connectivity index (χ2n) is 5.37. The van der Waals surface area contributed by atoms with Crippen LogP contribution in [0, 0.1) is 0 Å². The molecule has 0 unspecified atom stereocenters. The number of aliphatic hydroxyl groups excluding tert-OH is 1. The van der Waals surface area contributed by atoms with E-state index in [4.69, 9.17) is 14.3 Å². The minimum absolute atomic E-state index is 0.0497. The van der Waals surface area contributed by atoms with Gasteiger partial charge in [-0.3, -0.25) is 0 Å². The van der Waals surface area contributed by atoms with Gasteiger partial charge >= 0.3 is 5.63 Å². The second-order valence-corrected chi connectivity index (χ2v) is 5.37. The van der Waals surface area contributed by atoms with Gasteiger partial charge in [0.2, 0.25) is 0 Å². The van der Waals surface area contributed by atoms with Crippen molar-refractivity contribution in [3.8, 4) is 11.5 Å². The van der Waals surface area contributed by atoms with Gasteiger partial charge in [-0.25, -0.2) is 4.79 Å². The molecule has 0 aliphatic rings. The molecular formula is C18H20O5. The van der Waals surface area contributed by atoms with Crippen LogP contribution in [0.2, 0.25) is 0 Å². The van der Waals surface area contributed by atoms with E-state index in [1.165, 1.54) is 13.2 Å². The van der Waals surface area contributed by atoms with Crippen LogP contribution in [0.4, 0.5) is 0 Å². The summed E-state index contributed by atoms with van der Waals surface area (Å²) in [6, 6.07) is 8.88. The van der Waals surface area contributed by atoms with E-state index < -0.39 is 5.63 Å². The summed E-state index contributed by atoms with van der Waals surface area (Å²) in [5.74, 6) is 0.635. The topological polar surface area (TPSA) is 79.9 Å². The molecule has 5 nitrogen and oxygen atoms in total. The zero-order chi connectivity index (χ0) is 17.1. The number of aliphatic hydroxyl groups is 1. The number of phenols is 1. The number of aromatic hydroxyl groups is 1. The minimum Gasteiger partial charge on any atom is -0.504 e. The Kier molecular flexibility index (Phi) is 4.91. The lowest BCUT2D eigenvalue weighted by atomic mass is 9.98. The van der Waals surface area contributed by atoms with Crippen LogP contribution < -0.4 is 10.4 Å². The van der Waals surface area contributed by atoms with Gasteiger partial charge in [-0.1, -0.05) is 26.0 Å². The first kappa shape index (κ1) is 16.8. The quantitative estimate of drug-likeness (QED) is 0.559. The lowest BCUT2D eigenvalue weighted by molar-refractivity contribution is 0.373. The summed E-state index contributed by atoms with van der Waals surface area (Å²) < 4.78 is 10.4. The van der Waals surface area contributed by atoms with Gasteiger partial charge in [-0.15, -0.1) is 0 Å². The predicted octanol–water partition coefficient (Wildman–Crippen LogP) is 3.39. The average Bonchev–Trinajstić information content (AvgIpc) is 2.56. The monoisotopic (exact) mass is 316 g/mol. The maximum atomic E-state index is 12.2. The Morgan fingerprint density at radius 2 is 1.74 bits per heavy atom. The summed E-state index contributed by atoms with van der Waals surface area (Å²) in [4.78, 5) is 12.2. The van der Waals surface area contributed by atoms with Crippen molar-refractivity contribution in [1.29, 1.82) is 0 Å². The van der Waals surface area contributed by atoms with Crippen molar-refractivity contribution in [3.05, 3.63) is 46.3 Å². The third-order valence-electron chi connectivity index (χ3n) is 3.70. The van der Waals surface area contributed by atoms with E-state index in [0.29, 0.717) is 22.6 Å². The van der Waals surface area contributed by atoms with Gasteiger partial charge in [0.1, 0.15) is 5.58 Å². The Labute approximate surface area is 133 Å². The fourth-order valence-electron chi connectivity index (χ4n) is 2.49. The van der Waals surface area contributed by atoms with Crippen LogP contribution >= 0.6 is 0 Å². The maximum absolute atomic E-state index is 12.2. The molecule has 0 radical (unpaired) electrons. The molecule has 2 aromatic carbocycles. The van der Waals surface area contributed by atoms with Crippen LogP contribution in [0.3, 0.4) is 0 Å². The molecule has 0 amide bonds. The molecule has 3 aromatic rings. The molecule has 2 N–H and O–H groups in total. The highest BCUT2D eigenvalue weighted by Crippen LogP contribution is 2.34. The molecule has 0 aliphatic heterocycles. The Hall–Kier alpha value is -2.53. The number of ether oxygens (including phenoxy) is 1. The number of hydrogen-bond donors (Lipinski definition) is 2. The molecule has 0 fully saturated rings. The van der Waals surface area contributed by atoms with Crippen molar-refractivity contribution in [2.75, 3.05) is 14.2 Å². The van der Waals surface area contributed by atoms with Gasteiger partial charge in [0.25, 0.3) is 0 Å². The predicted molar refractivity (Wildman–Crippen MR) is 90.4 cm³/mol. The first-order valence-corrected chi connectivity index (χ1v) is 7.23. The molecule has 0 saturated carbocycles. The van der Waals surface area contributed by atoms with E-state index in [0.717, 1.165) is 23.4 Å². The molecule has 122 valence electrons. The van der Waals surface area contributed by atoms with Crippen LogP contribution in [-0.4, -0.2) is 24.4 Å². The summed E-state index contributed by atoms with van der Waals surface area (Å²) in [7, 11) is 2.49. The first-order chi connectivity index (χ1) is 11.0. The molecule has 1 heterocycles.